The number of likely N-dealkylation sites (tertiary alicyclic amines) is 1. The van der Waals surface area contributed by atoms with Crippen LogP contribution in [0.4, 0.5) is 10.5 Å². The number of nitrogens with zero attached hydrogens (tertiary/aromatic N) is 3. The van der Waals surface area contributed by atoms with Crippen molar-refractivity contribution < 1.29 is 28.8 Å². The number of halogens is 1. The number of thioether (sulfide) groups is 1. The average Bonchev–Trinajstić information content (AvgIpc) is 3.49. The zero-order valence-electron chi connectivity index (χ0n) is 20.0. The van der Waals surface area contributed by atoms with Crippen LogP contribution >= 0.6 is 23.4 Å². The van der Waals surface area contributed by atoms with E-state index in [9.17, 15) is 24.5 Å². The number of non-ortho nitro benzene ring substituents is 1. The predicted molar refractivity (Wildman–Crippen MR) is 139 cm³/mol. The number of imide groups is 1. The number of amides is 3. The molecule has 37 heavy (non-hydrogen) atoms. The molecule has 2 heterocycles. The summed E-state index contributed by atoms with van der Waals surface area (Å²) in [5.41, 5.74) is 1.03. The molecule has 12 heteroatoms. The molecule has 0 saturated carbocycles. The van der Waals surface area contributed by atoms with Gasteiger partial charge >= 0.3 is 0 Å². The first-order valence-corrected chi connectivity index (χ1v) is 12.8. The Labute approximate surface area is 222 Å². The van der Waals surface area contributed by atoms with Crippen LogP contribution in [0, 0.1) is 10.1 Å². The molecule has 0 atom stereocenters. The first kappa shape index (κ1) is 26.5. The van der Waals surface area contributed by atoms with Gasteiger partial charge in [-0.25, -0.2) is 0 Å². The lowest BCUT2D eigenvalue weighted by atomic mass is 10.1. The summed E-state index contributed by atoms with van der Waals surface area (Å²) in [7, 11) is 0. The fourth-order valence-electron chi connectivity index (χ4n) is 3.98. The summed E-state index contributed by atoms with van der Waals surface area (Å²) in [6.45, 7) is 3.11. The zero-order chi connectivity index (χ0) is 26.5. The molecule has 2 fully saturated rings. The van der Waals surface area contributed by atoms with Crippen LogP contribution < -0.4 is 9.47 Å². The molecule has 0 spiro atoms. The minimum absolute atomic E-state index is 0.0186. The molecule has 2 aliphatic heterocycles. The van der Waals surface area contributed by atoms with E-state index >= 15 is 0 Å². The highest BCUT2D eigenvalue weighted by Gasteiger charge is 2.37. The minimum Gasteiger partial charge on any atom is -0.490 e. The molecule has 0 aromatic heterocycles. The fraction of sp³-hybridized carbons (Fsp3) is 0.320. The van der Waals surface area contributed by atoms with Gasteiger partial charge in [0.15, 0.2) is 11.5 Å². The van der Waals surface area contributed by atoms with Crippen LogP contribution in [0.2, 0.25) is 5.02 Å². The maximum Gasteiger partial charge on any atom is 0.294 e. The molecule has 2 aliphatic rings. The van der Waals surface area contributed by atoms with Crippen LogP contribution in [-0.4, -0.2) is 58.0 Å². The van der Waals surface area contributed by atoms with E-state index in [-0.39, 0.29) is 40.4 Å². The number of benzene rings is 2. The summed E-state index contributed by atoms with van der Waals surface area (Å²) in [4.78, 5) is 51.1. The molecule has 0 aliphatic carbocycles. The minimum atomic E-state index is -0.539. The molecular weight excluding hydrogens is 522 g/mol. The van der Waals surface area contributed by atoms with E-state index < -0.39 is 16.1 Å². The molecule has 2 aromatic rings. The maximum atomic E-state index is 12.9. The van der Waals surface area contributed by atoms with Crippen molar-refractivity contribution in [2.75, 3.05) is 26.2 Å². The molecule has 10 nitrogen and oxygen atoms in total. The first-order valence-electron chi connectivity index (χ1n) is 11.6. The Morgan fingerprint density at radius 3 is 2.65 bits per heavy atom. The summed E-state index contributed by atoms with van der Waals surface area (Å²) in [6, 6.07) is 9.25. The number of hydrogen-bond donors (Lipinski definition) is 0. The van der Waals surface area contributed by atoms with Gasteiger partial charge in [0.05, 0.1) is 21.5 Å². The topological polar surface area (TPSA) is 119 Å². The number of hydrogen-bond acceptors (Lipinski definition) is 8. The van der Waals surface area contributed by atoms with Crippen molar-refractivity contribution in [3.8, 4) is 11.5 Å². The number of ether oxygens (including phenoxy) is 2. The summed E-state index contributed by atoms with van der Waals surface area (Å²) < 4.78 is 11.5. The van der Waals surface area contributed by atoms with Crippen molar-refractivity contribution in [2.45, 2.75) is 26.4 Å². The summed E-state index contributed by atoms with van der Waals surface area (Å²) in [5, 5.41) is 10.7. The molecule has 2 saturated heterocycles. The van der Waals surface area contributed by atoms with Crippen molar-refractivity contribution in [3.05, 3.63) is 67.6 Å². The number of nitro benzene ring substituents is 1. The Morgan fingerprint density at radius 1 is 1.19 bits per heavy atom. The van der Waals surface area contributed by atoms with Crippen molar-refractivity contribution in [3.63, 3.8) is 0 Å². The lowest BCUT2D eigenvalue weighted by Crippen LogP contribution is -2.40. The highest BCUT2D eigenvalue weighted by molar-refractivity contribution is 8.18. The third-order valence-corrected chi connectivity index (χ3v) is 6.95. The molecule has 0 bridgehead atoms. The van der Waals surface area contributed by atoms with Crippen molar-refractivity contribution >= 4 is 52.2 Å². The van der Waals surface area contributed by atoms with Gasteiger partial charge in [0, 0.05) is 25.2 Å². The second kappa shape index (κ2) is 11.7. The lowest BCUT2D eigenvalue weighted by molar-refractivity contribution is -0.384. The van der Waals surface area contributed by atoms with E-state index in [1.54, 1.807) is 36.1 Å². The highest BCUT2D eigenvalue weighted by Crippen LogP contribution is 2.39. The number of carbonyl (C=O) groups is 3. The normalized spacial score (nSPS) is 16.5. The molecule has 0 unspecified atom stereocenters. The van der Waals surface area contributed by atoms with Gasteiger partial charge < -0.3 is 14.4 Å². The van der Waals surface area contributed by atoms with E-state index in [0.29, 0.717) is 36.6 Å². The van der Waals surface area contributed by atoms with Gasteiger partial charge in [-0.3, -0.25) is 29.4 Å². The third kappa shape index (κ3) is 6.23. The molecule has 0 N–H and O–H groups in total. The molecule has 3 amide bonds. The van der Waals surface area contributed by atoms with Gasteiger partial charge in [0.25, 0.3) is 16.8 Å². The third-order valence-electron chi connectivity index (χ3n) is 5.76. The van der Waals surface area contributed by atoms with Crippen LogP contribution in [0.5, 0.6) is 11.5 Å². The zero-order valence-corrected chi connectivity index (χ0v) is 21.5. The quantitative estimate of drug-likeness (QED) is 0.248. The average molecular weight is 546 g/mol. The largest absolute Gasteiger partial charge is 0.490 e. The second-order valence-corrected chi connectivity index (χ2v) is 9.73. The van der Waals surface area contributed by atoms with E-state index in [0.717, 1.165) is 29.5 Å². The lowest BCUT2D eigenvalue weighted by Gasteiger charge is -2.18. The smallest absolute Gasteiger partial charge is 0.294 e. The fourth-order valence-corrected chi connectivity index (χ4v) is 5.09. The Balaban J connectivity index is 1.51. The van der Waals surface area contributed by atoms with Crippen molar-refractivity contribution in [1.82, 2.24) is 9.80 Å². The van der Waals surface area contributed by atoms with Crippen molar-refractivity contribution in [1.29, 1.82) is 0 Å². The SMILES string of the molecule is CCOc1cc(/C=C2/SC(=O)N(CC(=O)N3CCCC3)C2=O)cc(Cl)c1OCc1cccc([N+](=O)[O-])c1. The Bertz CT molecular complexity index is 1280. The van der Waals surface area contributed by atoms with Gasteiger partial charge in [-0.2, -0.15) is 0 Å². The Morgan fingerprint density at radius 2 is 1.95 bits per heavy atom. The molecular formula is C25H24ClN3O7S. The highest BCUT2D eigenvalue weighted by atomic mass is 35.5. The standard InChI is InChI=1S/C25H24ClN3O7S/c1-2-35-20-12-17(11-19(26)23(20)36-15-16-6-5-7-18(10-16)29(33)34)13-21-24(31)28(25(32)37-21)14-22(30)27-8-3-4-9-27/h5-7,10-13H,2-4,8-9,14-15H2,1H3/b21-13+. The molecule has 4 rings (SSSR count). The van der Waals surface area contributed by atoms with E-state index in [2.05, 4.69) is 0 Å². The van der Waals surface area contributed by atoms with Crippen LogP contribution in [0.3, 0.4) is 0 Å². The molecule has 194 valence electrons. The Kier molecular flexibility index (Phi) is 8.34. The predicted octanol–water partition coefficient (Wildman–Crippen LogP) is 4.88. The van der Waals surface area contributed by atoms with Crippen LogP contribution in [0.15, 0.2) is 41.3 Å². The number of carbonyl (C=O) groups excluding carboxylic acids is 3. The monoisotopic (exact) mass is 545 g/mol. The van der Waals surface area contributed by atoms with Gasteiger partial charge in [0.2, 0.25) is 5.91 Å². The van der Waals surface area contributed by atoms with Crippen LogP contribution in [0.1, 0.15) is 30.9 Å². The number of rotatable bonds is 9. The summed E-state index contributed by atoms with van der Waals surface area (Å²) in [6.07, 6.45) is 3.35. The van der Waals surface area contributed by atoms with Gasteiger partial charge in [0.1, 0.15) is 13.2 Å². The summed E-state index contributed by atoms with van der Waals surface area (Å²) in [5.74, 6) is -0.220. The Hall–Kier alpha value is -3.57. The van der Waals surface area contributed by atoms with E-state index in [1.165, 1.54) is 18.2 Å². The van der Waals surface area contributed by atoms with Gasteiger partial charge in [-0.05, 0) is 60.9 Å². The van der Waals surface area contributed by atoms with E-state index in [1.807, 2.05) is 0 Å². The van der Waals surface area contributed by atoms with E-state index in [4.69, 9.17) is 21.1 Å². The number of nitro groups is 1. The van der Waals surface area contributed by atoms with Crippen molar-refractivity contribution in [2.24, 2.45) is 0 Å². The summed E-state index contributed by atoms with van der Waals surface area (Å²) >= 11 is 7.24. The second-order valence-electron chi connectivity index (χ2n) is 8.33. The first-order chi connectivity index (χ1) is 17.8. The van der Waals surface area contributed by atoms with Crippen LogP contribution in [-0.2, 0) is 16.2 Å². The van der Waals surface area contributed by atoms with Crippen LogP contribution in [0.25, 0.3) is 6.08 Å². The van der Waals surface area contributed by atoms with Gasteiger partial charge in [-0.1, -0.05) is 23.7 Å². The molecule has 0 radical (unpaired) electrons. The van der Waals surface area contributed by atoms with Gasteiger partial charge in [-0.15, -0.1) is 0 Å². The maximum absolute atomic E-state index is 12.9. The molecule has 2 aromatic carbocycles.